The van der Waals surface area contributed by atoms with Crippen molar-refractivity contribution in [3.63, 3.8) is 0 Å². The van der Waals surface area contributed by atoms with Gasteiger partial charge in [-0.15, -0.1) is 0 Å². The number of anilines is 2. The van der Waals surface area contributed by atoms with Crippen LogP contribution in [0.4, 0.5) is 11.8 Å². The summed E-state index contributed by atoms with van der Waals surface area (Å²) in [7, 11) is -2.79. The zero-order valence-corrected chi connectivity index (χ0v) is 15.9. The molecule has 3 fully saturated rings. The lowest BCUT2D eigenvalue weighted by Crippen LogP contribution is -2.46. The standard InChI is InChI=1S/C16H25N6O3P/c1-2-25-15(23)13-5-3-4-8-22(13)14-6-7-17-16(18-14)19-26(24,20-9-10-20)21-11-12-21/h6-7,13H,2-5,8-12H2,1H3,(H,17,18,19,24). The lowest BCUT2D eigenvalue weighted by Gasteiger charge is -2.35. The number of hydrogen-bond donors (Lipinski definition) is 1. The second-order valence-corrected chi connectivity index (χ2v) is 9.20. The maximum absolute atomic E-state index is 13.2. The van der Waals surface area contributed by atoms with Gasteiger partial charge < -0.3 is 9.64 Å². The molecule has 1 N–H and O–H groups in total. The summed E-state index contributed by atoms with van der Waals surface area (Å²) in [6, 6.07) is 1.47. The van der Waals surface area contributed by atoms with Gasteiger partial charge in [-0.05, 0) is 32.3 Å². The molecule has 4 rings (SSSR count). The first-order valence-electron chi connectivity index (χ1n) is 9.27. The third-order valence-electron chi connectivity index (χ3n) is 4.86. The van der Waals surface area contributed by atoms with E-state index in [0.717, 1.165) is 52.0 Å². The minimum atomic E-state index is -2.79. The van der Waals surface area contributed by atoms with Gasteiger partial charge in [-0.25, -0.2) is 19.1 Å². The first kappa shape index (κ1) is 17.7. The van der Waals surface area contributed by atoms with Crippen molar-refractivity contribution >= 4 is 25.3 Å². The largest absolute Gasteiger partial charge is 0.464 e. The Morgan fingerprint density at radius 2 is 2.00 bits per heavy atom. The highest BCUT2D eigenvalue weighted by Gasteiger charge is 2.48. The molecule has 10 heteroatoms. The molecule has 0 amide bonds. The van der Waals surface area contributed by atoms with Gasteiger partial charge in [-0.1, -0.05) is 0 Å². The molecule has 0 spiro atoms. The van der Waals surface area contributed by atoms with Crippen molar-refractivity contribution in [2.45, 2.75) is 32.2 Å². The predicted molar refractivity (Wildman–Crippen MR) is 98.0 cm³/mol. The highest BCUT2D eigenvalue weighted by atomic mass is 31.2. The summed E-state index contributed by atoms with van der Waals surface area (Å²) in [5, 5.41) is 3.07. The fourth-order valence-corrected chi connectivity index (χ4v) is 5.61. The van der Waals surface area contributed by atoms with Gasteiger partial charge in [0.1, 0.15) is 11.9 Å². The van der Waals surface area contributed by atoms with Crippen molar-refractivity contribution in [3.8, 4) is 0 Å². The molecular weight excluding hydrogens is 355 g/mol. The van der Waals surface area contributed by atoms with E-state index in [2.05, 4.69) is 15.1 Å². The summed E-state index contributed by atoms with van der Waals surface area (Å²) in [5.41, 5.74) is 0. The molecule has 1 aromatic heterocycles. The molecule has 1 atom stereocenters. The van der Waals surface area contributed by atoms with E-state index in [-0.39, 0.29) is 12.0 Å². The fraction of sp³-hybridized carbons (Fsp3) is 0.688. The number of carbonyl (C=O) groups is 1. The molecule has 142 valence electrons. The number of rotatable bonds is 7. The molecule has 3 saturated heterocycles. The third kappa shape index (κ3) is 3.56. The van der Waals surface area contributed by atoms with E-state index >= 15 is 0 Å². The molecule has 1 aromatic rings. The molecule has 0 aromatic carbocycles. The van der Waals surface area contributed by atoms with Crippen molar-refractivity contribution in [1.82, 2.24) is 19.3 Å². The average molecular weight is 380 g/mol. The van der Waals surface area contributed by atoms with Crippen LogP contribution in [0.3, 0.4) is 0 Å². The van der Waals surface area contributed by atoms with Gasteiger partial charge in [0.05, 0.1) is 6.61 Å². The number of nitrogens with zero attached hydrogens (tertiary/aromatic N) is 5. The number of carbonyl (C=O) groups excluding carboxylic acids is 1. The van der Waals surface area contributed by atoms with Crippen molar-refractivity contribution in [2.24, 2.45) is 0 Å². The SMILES string of the molecule is CCOC(=O)C1CCCCN1c1ccnc(NP(=O)(N2CC2)N2CC2)n1. The Balaban J connectivity index is 1.54. The van der Waals surface area contributed by atoms with E-state index in [1.54, 1.807) is 12.3 Å². The van der Waals surface area contributed by atoms with Gasteiger partial charge in [-0.3, -0.25) is 9.65 Å². The van der Waals surface area contributed by atoms with Crippen molar-refractivity contribution in [2.75, 3.05) is 49.3 Å². The molecule has 1 unspecified atom stereocenters. The summed E-state index contributed by atoms with van der Waals surface area (Å²) in [6.45, 7) is 6.25. The van der Waals surface area contributed by atoms with Crippen molar-refractivity contribution in [1.29, 1.82) is 0 Å². The average Bonchev–Trinajstić information content (AvgIpc) is 3.53. The van der Waals surface area contributed by atoms with Crippen LogP contribution in [-0.2, 0) is 14.1 Å². The fourth-order valence-electron chi connectivity index (χ4n) is 3.33. The van der Waals surface area contributed by atoms with Crippen molar-refractivity contribution < 1.29 is 14.1 Å². The number of nitrogens with one attached hydrogen (secondary N) is 1. The van der Waals surface area contributed by atoms with Crippen LogP contribution in [0, 0.1) is 0 Å². The Morgan fingerprint density at radius 3 is 2.65 bits per heavy atom. The monoisotopic (exact) mass is 380 g/mol. The smallest absolute Gasteiger partial charge is 0.328 e. The number of aromatic nitrogens is 2. The lowest BCUT2D eigenvalue weighted by molar-refractivity contribution is -0.145. The molecule has 4 heterocycles. The molecule has 0 aliphatic carbocycles. The predicted octanol–water partition coefficient (Wildman–Crippen LogP) is 1.55. The van der Waals surface area contributed by atoms with Crippen LogP contribution in [-0.4, -0.2) is 70.7 Å². The molecule has 0 radical (unpaired) electrons. The Hall–Kier alpha value is -1.70. The van der Waals surface area contributed by atoms with Crippen LogP contribution >= 0.6 is 7.59 Å². The maximum Gasteiger partial charge on any atom is 0.328 e. The highest BCUT2D eigenvalue weighted by Crippen LogP contribution is 2.59. The third-order valence-corrected chi connectivity index (χ3v) is 7.68. The highest BCUT2D eigenvalue weighted by molar-refractivity contribution is 7.61. The normalized spacial score (nSPS) is 23.6. The molecule has 0 bridgehead atoms. The van der Waals surface area contributed by atoms with E-state index in [9.17, 15) is 9.36 Å². The Bertz CT molecular complexity index is 708. The van der Waals surface area contributed by atoms with E-state index in [1.807, 2.05) is 21.2 Å². The Labute approximate surface area is 153 Å². The molecule has 9 nitrogen and oxygen atoms in total. The van der Waals surface area contributed by atoms with Gasteiger partial charge in [0.25, 0.3) is 0 Å². The Kier molecular flexibility index (Phi) is 4.86. The summed E-state index contributed by atoms with van der Waals surface area (Å²) in [5.74, 6) is 0.806. The number of piperidine rings is 1. The zero-order chi connectivity index (χ0) is 18.1. The topological polar surface area (TPSA) is 90.4 Å². The van der Waals surface area contributed by atoms with Gasteiger partial charge in [0.2, 0.25) is 5.95 Å². The van der Waals surface area contributed by atoms with E-state index in [0.29, 0.717) is 18.4 Å². The van der Waals surface area contributed by atoms with Crippen LogP contribution in [0.2, 0.25) is 0 Å². The van der Waals surface area contributed by atoms with Gasteiger partial charge >= 0.3 is 13.6 Å². The molecule has 3 aliphatic rings. The second kappa shape index (κ2) is 7.13. The second-order valence-electron chi connectivity index (χ2n) is 6.76. The van der Waals surface area contributed by atoms with E-state index in [1.165, 1.54) is 0 Å². The number of hydrogen-bond acceptors (Lipinski definition) is 6. The first-order valence-corrected chi connectivity index (χ1v) is 10.9. The van der Waals surface area contributed by atoms with Crippen molar-refractivity contribution in [3.05, 3.63) is 12.3 Å². The molecule has 26 heavy (non-hydrogen) atoms. The number of esters is 1. The van der Waals surface area contributed by atoms with Gasteiger partial charge in [-0.2, -0.15) is 4.98 Å². The quantitative estimate of drug-likeness (QED) is 0.430. The summed E-state index contributed by atoms with van der Waals surface area (Å²) in [6.07, 6.45) is 4.40. The van der Waals surface area contributed by atoms with E-state index in [4.69, 9.17) is 4.74 Å². The van der Waals surface area contributed by atoms with Crippen LogP contribution in [0.15, 0.2) is 12.3 Å². The maximum atomic E-state index is 13.2. The zero-order valence-electron chi connectivity index (χ0n) is 15.0. The lowest BCUT2D eigenvalue weighted by atomic mass is 10.0. The van der Waals surface area contributed by atoms with Gasteiger partial charge in [0, 0.05) is 38.9 Å². The number of ether oxygens (including phenoxy) is 1. The van der Waals surface area contributed by atoms with Crippen LogP contribution in [0.1, 0.15) is 26.2 Å². The summed E-state index contributed by atoms with van der Waals surface area (Å²) >= 11 is 0. The van der Waals surface area contributed by atoms with Gasteiger partial charge in [0.15, 0.2) is 0 Å². The minimum absolute atomic E-state index is 0.209. The van der Waals surface area contributed by atoms with E-state index < -0.39 is 7.59 Å². The molecule has 0 saturated carbocycles. The van der Waals surface area contributed by atoms with Crippen LogP contribution in [0.25, 0.3) is 0 Å². The molecule has 3 aliphatic heterocycles. The summed E-state index contributed by atoms with van der Waals surface area (Å²) < 4.78 is 22.3. The van der Waals surface area contributed by atoms with Crippen LogP contribution in [0.5, 0.6) is 0 Å². The Morgan fingerprint density at radius 1 is 1.27 bits per heavy atom. The van der Waals surface area contributed by atoms with Crippen LogP contribution < -0.4 is 9.99 Å². The first-order chi connectivity index (χ1) is 12.6. The summed E-state index contributed by atoms with van der Waals surface area (Å²) in [4.78, 5) is 23.1. The minimum Gasteiger partial charge on any atom is -0.464 e. The molecular formula is C16H25N6O3P.